The van der Waals surface area contributed by atoms with E-state index in [2.05, 4.69) is 35.6 Å². The van der Waals surface area contributed by atoms with Gasteiger partial charge in [0.05, 0.1) is 18.2 Å². The Morgan fingerprint density at radius 2 is 2.27 bits per heavy atom. The summed E-state index contributed by atoms with van der Waals surface area (Å²) >= 11 is 0. The van der Waals surface area contributed by atoms with Crippen LogP contribution in [0.25, 0.3) is 0 Å². The molecule has 3 rings (SSSR count). The van der Waals surface area contributed by atoms with Crippen LogP contribution >= 0.6 is 0 Å². The molecule has 0 spiro atoms. The highest BCUT2D eigenvalue weighted by Gasteiger charge is 2.44. The second kappa shape index (κ2) is 5.38. The van der Waals surface area contributed by atoms with Crippen molar-refractivity contribution in [1.82, 2.24) is 9.88 Å². The summed E-state index contributed by atoms with van der Waals surface area (Å²) in [6.07, 6.45) is 1.43. The van der Waals surface area contributed by atoms with Crippen molar-refractivity contribution < 1.29 is 14.6 Å². The highest BCUT2D eigenvalue weighted by Crippen LogP contribution is 2.33. The Bertz CT molecular complexity index is 672. The lowest BCUT2D eigenvalue weighted by molar-refractivity contribution is 0.00266. The van der Waals surface area contributed by atoms with E-state index in [0.717, 1.165) is 19.6 Å². The van der Waals surface area contributed by atoms with Gasteiger partial charge in [0.25, 0.3) is 0 Å². The fourth-order valence-electron chi connectivity index (χ4n) is 3.23. The predicted octanol–water partition coefficient (Wildman–Crippen LogP) is 1.69. The monoisotopic (exact) mass is 300 g/mol. The average molecular weight is 300 g/mol. The number of morpholine rings is 1. The summed E-state index contributed by atoms with van der Waals surface area (Å²) in [5.74, 6) is 5.39. The van der Waals surface area contributed by atoms with Crippen molar-refractivity contribution in [2.75, 3.05) is 13.2 Å². The Labute approximate surface area is 130 Å². The predicted molar refractivity (Wildman–Crippen MR) is 81.7 cm³/mol. The van der Waals surface area contributed by atoms with Crippen molar-refractivity contribution in [2.24, 2.45) is 0 Å². The van der Waals surface area contributed by atoms with E-state index in [-0.39, 0.29) is 11.2 Å². The van der Waals surface area contributed by atoms with E-state index in [1.165, 1.54) is 6.07 Å². The SMILES string of the molecule is Cc1cc(C#CC(C)(C)N2C[C@@H]3C[C@H]2CO3)cc(C(=O)O)n1. The quantitative estimate of drug-likeness (QED) is 0.842. The van der Waals surface area contributed by atoms with Crippen LogP contribution in [-0.2, 0) is 4.74 Å². The minimum Gasteiger partial charge on any atom is -0.477 e. The van der Waals surface area contributed by atoms with E-state index < -0.39 is 5.97 Å². The van der Waals surface area contributed by atoms with Gasteiger partial charge in [0.2, 0.25) is 0 Å². The van der Waals surface area contributed by atoms with Crippen molar-refractivity contribution in [3.8, 4) is 11.8 Å². The number of fused-ring (bicyclic) bond motifs is 2. The molecule has 0 aromatic carbocycles. The van der Waals surface area contributed by atoms with E-state index >= 15 is 0 Å². The maximum absolute atomic E-state index is 11.1. The van der Waals surface area contributed by atoms with Crippen LogP contribution in [-0.4, -0.2) is 51.8 Å². The Kier molecular flexibility index (Phi) is 3.67. The van der Waals surface area contributed by atoms with Crippen molar-refractivity contribution in [1.29, 1.82) is 0 Å². The first-order chi connectivity index (χ1) is 10.3. The van der Waals surface area contributed by atoms with Gasteiger partial charge in [0.15, 0.2) is 0 Å². The molecule has 2 fully saturated rings. The first-order valence-corrected chi connectivity index (χ1v) is 7.49. The van der Waals surface area contributed by atoms with Crippen LogP contribution < -0.4 is 0 Å². The zero-order valence-corrected chi connectivity index (χ0v) is 13.1. The molecule has 2 bridgehead atoms. The van der Waals surface area contributed by atoms with Gasteiger partial charge < -0.3 is 9.84 Å². The maximum atomic E-state index is 11.1. The topological polar surface area (TPSA) is 62.7 Å². The summed E-state index contributed by atoms with van der Waals surface area (Å²) in [4.78, 5) is 17.5. The third-order valence-corrected chi connectivity index (χ3v) is 4.30. The second-order valence-corrected chi connectivity index (χ2v) is 6.49. The molecule has 1 N–H and O–H groups in total. The number of pyridine rings is 1. The van der Waals surface area contributed by atoms with E-state index in [4.69, 9.17) is 9.84 Å². The maximum Gasteiger partial charge on any atom is 0.354 e. The van der Waals surface area contributed by atoms with Gasteiger partial charge in [-0.3, -0.25) is 4.90 Å². The lowest BCUT2D eigenvalue weighted by atomic mass is 10.0. The molecule has 5 nitrogen and oxygen atoms in total. The third-order valence-electron chi connectivity index (χ3n) is 4.30. The van der Waals surface area contributed by atoms with Gasteiger partial charge in [-0.1, -0.05) is 11.8 Å². The molecule has 2 aliphatic rings. The number of aromatic nitrogens is 1. The zero-order valence-electron chi connectivity index (χ0n) is 13.1. The van der Waals surface area contributed by atoms with Crippen LogP contribution in [0.3, 0.4) is 0 Å². The lowest BCUT2D eigenvalue weighted by Crippen LogP contribution is -2.49. The number of rotatable bonds is 2. The average Bonchev–Trinajstić information content (AvgIpc) is 3.07. The molecular formula is C17H20N2O3. The first-order valence-electron chi connectivity index (χ1n) is 7.49. The largest absolute Gasteiger partial charge is 0.477 e. The van der Waals surface area contributed by atoms with Crippen molar-refractivity contribution in [3.05, 3.63) is 29.1 Å². The van der Waals surface area contributed by atoms with Crippen LogP contribution in [0.5, 0.6) is 0 Å². The minimum atomic E-state index is -1.03. The van der Waals surface area contributed by atoms with Crippen LogP contribution in [0.1, 0.15) is 42.0 Å². The number of nitrogens with zero attached hydrogens (tertiary/aromatic N) is 2. The Hall–Kier alpha value is -1.90. The molecular weight excluding hydrogens is 280 g/mol. The molecule has 0 saturated carbocycles. The normalized spacial score (nSPS) is 24.1. The minimum absolute atomic E-state index is 0.0377. The van der Waals surface area contributed by atoms with Gasteiger partial charge in [-0.05, 0) is 39.3 Å². The lowest BCUT2D eigenvalue weighted by Gasteiger charge is -2.37. The highest BCUT2D eigenvalue weighted by atomic mass is 16.5. The van der Waals surface area contributed by atoms with Gasteiger partial charge in [-0.15, -0.1) is 0 Å². The van der Waals surface area contributed by atoms with E-state index in [1.807, 2.05) is 6.07 Å². The number of aromatic carboxylic acids is 1. The van der Waals surface area contributed by atoms with Crippen LogP contribution in [0.2, 0.25) is 0 Å². The van der Waals surface area contributed by atoms with Crippen molar-refractivity contribution in [3.63, 3.8) is 0 Å². The number of carbonyl (C=O) groups is 1. The van der Waals surface area contributed by atoms with Gasteiger partial charge in [0, 0.05) is 23.8 Å². The van der Waals surface area contributed by atoms with Gasteiger partial charge in [0.1, 0.15) is 5.69 Å². The molecule has 0 radical (unpaired) electrons. The molecule has 0 unspecified atom stereocenters. The van der Waals surface area contributed by atoms with Crippen LogP contribution in [0, 0.1) is 18.8 Å². The van der Waals surface area contributed by atoms with Gasteiger partial charge >= 0.3 is 5.97 Å². The number of hydrogen-bond donors (Lipinski definition) is 1. The summed E-state index contributed by atoms with van der Waals surface area (Å²) in [6.45, 7) is 7.69. The molecule has 0 aliphatic carbocycles. The van der Waals surface area contributed by atoms with Gasteiger partial charge in [-0.2, -0.15) is 0 Å². The standard InChI is InChI=1S/C17H20N2O3/c1-11-6-12(7-15(18-11)16(20)21)4-5-17(2,3)19-9-14-8-13(19)10-22-14/h6-7,13-14H,8-10H2,1-3H3,(H,20,21)/t13-,14-/m0/s1. The van der Waals surface area contributed by atoms with E-state index in [0.29, 0.717) is 23.4 Å². The summed E-state index contributed by atoms with van der Waals surface area (Å²) in [6, 6.07) is 3.79. The van der Waals surface area contributed by atoms with Crippen LogP contribution in [0.15, 0.2) is 12.1 Å². The van der Waals surface area contributed by atoms with Crippen molar-refractivity contribution in [2.45, 2.75) is 44.9 Å². The Balaban J connectivity index is 1.84. The fraction of sp³-hybridized carbons (Fsp3) is 0.529. The summed E-state index contributed by atoms with van der Waals surface area (Å²) < 4.78 is 5.63. The Morgan fingerprint density at radius 3 is 2.86 bits per heavy atom. The summed E-state index contributed by atoms with van der Waals surface area (Å²) in [7, 11) is 0. The first kappa shape index (κ1) is 15.0. The molecule has 0 amide bonds. The number of aryl methyl sites for hydroxylation is 1. The zero-order chi connectivity index (χ0) is 15.9. The fourth-order valence-corrected chi connectivity index (χ4v) is 3.23. The van der Waals surface area contributed by atoms with Gasteiger partial charge in [-0.25, -0.2) is 9.78 Å². The van der Waals surface area contributed by atoms with Crippen LogP contribution in [0.4, 0.5) is 0 Å². The molecule has 116 valence electrons. The third kappa shape index (κ3) is 2.85. The molecule has 2 saturated heterocycles. The highest BCUT2D eigenvalue weighted by molar-refractivity contribution is 5.85. The molecule has 5 heteroatoms. The molecule has 2 aliphatic heterocycles. The molecule has 2 atom stereocenters. The molecule has 3 heterocycles. The number of likely N-dealkylation sites (tertiary alicyclic amines) is 1. The number of hydrogen-bond acceptors (Lipinski definition) is 4. The molecule has 22 heavy (non-hydrogen) atoms. The Morgan fingerprint density at radius 1 is 1.50 bits per heavy atom. The van der Waals surface area contributed by atoms with E-state index in [1.54, 1.807) is 6.92 Å². The number of ether oxygens (including phenoxy) is 1. The van der Waals surface area contributed by atoms with E-state index in [9.17, 15) is 4.79 Å². The second-order valence-electron chi connectivity index (χ2n) is 6.49. The number of carboxylic acid groups (broad SMARTS) is 1. The molecule has 1 aromatic heterocycles. The summed E-state index contributed by atoms with van der Waals surface area (Å²) in [5, 5.41) is 9.07. The molecule has 1 aromatic rings. The van der Waals surface area contributed by atoms with Crippen molar-refractivity contribution >= 4 is 5.97 Å². The summed E-state index contributed by atoms with van der Waals surface area (Å²) in [5.41, 5.74) is 1.13. The number of carboxylic acids is 1. The smallest absolute Gasteiger partial charge is 0.354 e.